The average Bonchev–Trinajstić information content (AvgIpc) is 3.27. The van der Waals surface area contributed by atoms with Gasteiger partial charge in [-0.3, -0.25) is 4.79 Å². The maximum absolute atomic E-state index is 12.2. The quantitative estimate of drug-likeness (QED) is 0.578. The molecule has 0 aromatic carbocycles. The van der Waals surface area contributed by atoms with Crippen LogP contribution in [0.2, 0.25) is 0 Å². The molecule has 2 heterocycles. The number of aromatic carboxylic acids is 1. The van der Waals surface area contributed by atoms with Crippen LogP contribution >= 0.6 is 11.3 Å². The zero-order valence-electron chi connectivity index (χ0n) is 16.8. The van der Waals surface area contributed by atoms with E-state index in [9.17, 15) is 14.7 Å². The van der Waals surface area contributed by atoms with Crippen LogP contribution in [0.15, 0.2) is 12.1 Å². The summed E-state index contributed by atoms with van der Waals surface area (Å²) in [6.07, 6.45) is 5.73. The van der Waals surface area contributed by atoms with Crippen molar-refractivity contribution in [2.45, 2.75) is 77.4 Å². The molecule has 1 aliphatic rings. The van der Waals surface area contributed by atoms with Gasteiger partial charge in [0.05, 0.1) is 6.10 Å². The number of carbonyl (C=O) groups excluding carboxylic acids is 1. The fourth-order valence-corrected chi connectivity index (χ4v) is 4.48. The van der Waals surface area contributed by atoms with Gasteiger partial charge in [-0.1, -0.05) is 13.8 Å². The molecule has 0 bridgehead atoms. The molecule has 5 nitrogen and oxygen atoms in total. The third kappa shape index (κ3) is 6.65. The number of aliphatic hydroxyl groups is 1. The summed E-state index contributed by atoms with van der Waals surface area (Å²) in [5, 5.41) is 19.4. The number of aliphatic hydroxyl groups excluding tert-OH is 1. The van der Waals surface area contributed by atoms with Gasteiger partial charge in [0.2, 0.25) is 5.91 Å². The Hall–Kier alpha value is -1.84. The van der Waals surface area contributed by atoms with Gasteiger partial charge in [0, 0.05) is 36.7 Å². The number of nitrogens with zero attached hydrogens (tertiary/aromatic N) is 1. The zero-order chi connectivity index (χ0) is 20.5. The molecular weight excluding hydrogens is 374 g/mol. The van der Waals surface area contributed by atoms with Gasteiger partial charge in [0.15, 0.2) is 0 Å². The first-order valence-electron chi connectivity index (χ1n) is 10.2. The summed E-state index contributed by atoms with van der Waals surface area (Å²) >= 11 is 1.30. The van der Waals surface area contributed by atoms with Gasteiger partial charge in [-0.25, -0.2) is 4.79 Å². The lowest BCUT2D eigenvalue weighted by molar-refractivity contribution is -0.129. The number of hydrogen-bond acceptors (Lipinski definition) is 4. The Kier molecular flexibility index (Phi) is 9.01. The number of thiophene rings is 1. The van der Waals surface area contributed by atoms with Crippen molar-refractivity contribution in [2.75, 3.05) is 6.54 Å². The summed E-state index contributed by atoms with van der Waals surface area (Å²) < 4.78 is 0. The molecule has 6 heteroatoms. The molecular formula is C22H31NO4S. The number of carbonyl (C=O) groups is 2. The van der Waals surface area contributed by atoms with Gasteiger partial charge in [-0.15, -0.1) is 23.2 Å². The predicted molar refractivity (Wildman–Crippen MR) is 111 cm³/mol. The number of hydrogen-bond donors (Lipinski definition) is 2. The molecule has 1 amide bonds. The first-order chi connectivity index (χ1) is 13.4. The SMILES string of the molecule is CCC#CC[C@H](C)[C@H](O)CCC1CCC(=O)N1CCCc1ccc(C(=O)O)s1. The van der Waals surface area contributed by atoms with Crippen molar-refractivity contribution >= 4 is 23.2 Å². The van der Waals surface area contributed by atoms with Gasteiger partial charge in [-0.05, 0) is 50.2 Å². The Labute approximate surface area is 171 Å². The van der Waals surface area contributed by atoms with Crippen LogP contribution in [0.4, 0.5) is 0 Å². The van der Waals surface area contributed by atoms with E-state index in [4.69, 9.17) is 5.11 Å². The van der Waals surface area contributed by atoms with Crippen molar-refractivity contribution in [3.8, 4) is 11.8 Å². The monoisotopic (exact) mass is 405 g/mol. The number of rotatable bonds is 10. The molecule has 1 aliphatic heterocycles. The summed E-state index contributed by atoms with van der Waals surface area (Å²) in [6, 6.07) is 3.70. The second-order valence-electron chi connectivity index (χ2n) is 7.49. The van der Waals surface area contributed by atoms with Crippen molar-refractivity contribution in [3.63, 3.8) is 0 Å². The Morgan fingerprint density at radius 2 is 2.18 bits per heavy atom. The molecule has 0 radical (unpaired) electrons. The molecule has 2 rings (SSSR count). The van der Waals surface area contributed by atoms with Crippen LogP contribution in [0, 0.1) is 17.8 Å². The lowest BCUT2D eigenvalue weighted by Crippen LogP contribution is -2.35. The second-order valence-corrected chi connectivity index (χ2v) is 8.66. The van der Waals surface area contributed by atoms with Crippen molar-refractivity contribution in [1.29, 1.82) is 0 Å². The van der Waals surface area contributed by atoms with Crippen molar-refractivity contribution in [3.05, 3.63) is 21.9 Å². The minimum Gasteiger partial charge on any atom is -0.477 e. The molecule has 1 fully saturated rings. The molecule has 1 unspecified atom stereocenters. The smallest absolute Gasteiger partial charge is 0.345 e. The van der Waals surface area contributed by atoms with E-state index in [1.54, 1.807) is 6.07 Å². The Morgan fingerprint density at radius 3 is 2.86 bits per heavy atom. The summed E-state index contributed by atoms with van der Waals surface area (Å²) in [5.41, 5.74) is 0. The van der Waals surface area contributed by atoms with E-state index < -0.39 is 5.97 Å². The van der Waals surface area contributed by atoms with Crippen LogP contribution in [0.1, 0.15) is 73.3 Å². The number of amides is 1. The van der Waals surface area contributed by atoms with E-state index in [1.165, 1.54) is 11.3 Å². The van der Waals surface area contributed by atoms with Crippen LogP contribution < -0.4 is 0 Å². The molecule has 1 aromatic heterocycles. The van der Waals surface area contributed by atoms with Gasteiger partial charge in [0.1, 0.15) is 4.88 Å². The predicted octanol–water partition coefficient (Wildman–Crippen LogP) is 3.95. The number of aryl methyl sites for hydroxylation is 1. The van der Waals surface area contributed by atoms with Crippen LogP contribution in [0.25, 0.3) is 0 Å². The van der Waals surface area contributed by atoms with Gasteiger partial charge in [0.25, 0.3) is 0 Å². The van der Waals surface area contributed by atoms with Crippen LogP contribution in [-0.2, 0) is 11.2 Å². The summed E-state index contributed by atoms with van der Waals surface area (Å²) in [5.74, 6) is 5.59. The summed E-state index contributed by atoms with van der Waals surface area (Å²) in [7, 11) is 0. The van der Waals surface area contributed by atoms with Gasteiger partial charge >= 0.3 is 5.97 Å². The van der Waals surface area contributed by atoms with Crippen molar-refractivity contribution < 1.29 is 19.8 Å². The molecule has 2 N–H and O–H groups in total. The third-order valence-electron chi connectivity index (χ3n) is 5.33. The molecule has 0 spiro atoms. The Morgan fingerprint density at radius 1 is 1.39 bits per heavy atom. The standard InChI is InChI=1S/C22H31NO4S/c1-3-4-5-7-16(2)19(24)12-9-17-10-14-21(25)23(17)15-6-8-18-11-13-20(28-18)22(26)27/h11,13,16-17,19,24H,3,6-10,12,14-15H2,1-2H3,(H,26,27)/t16-,17?,19+/m0/s1. The molecule has 3 atom stereocenters. The van der Waals surface area contributed by atoms with Crippen molar-refractivity contribution in [2.24, 2.45) is 5.92 Å². The fraction of sp³-hybridized carbons (Fsp3) is 0.636. The first-order valence-corrected chi connectivity index (χ1v) is 11.0. The van der Waals surface area contributed by atoms with Crippen molar-refractivity contribution in [1.82, 2.24) is 4.90 Å². The number of carboxylic acid groups (broad SMARTS) is 1. The summed E-state index contributed by atoms with van der Waals surface area (Å²) in [6.45, 7) is 4.74. The maximum atomic E-state index is 12.2. The number of likely N-dealkylation sites (tertiary alicyclic amines) is 1. The largest absolute Gasteiger partial charge is 0.477 e. The van der Waals surface area contributed by atoms with E-state index in [0.717, 1.165) is 37.0 Å². The van der Waals surface area contributed by atoms with E-state index in [2.05, 4.69) is 11.8 Å². The number of carboxylic acids is 1. The lowest BCUT2D eigenvalue weighted by atomic mass is 9.95. The van der Waals surface area contributed by atoms with E-state index in [0.29, 0.717) is 30.7 Å². The normalized spacial score (nSPS) is 18.6. The average molecular weight is 406 g/mol. The van der Waals surface area contributed by atoms with E-state index in [1.807, 2.05) is 24.8 Å². The minimum atomic E-state index is -0.889. The Bertz CT molecular complexity index is 718. The second kappa shape index (κ2) is 11.2. The molecule has 154 valence electrons. The van der Waals surface area contributed by atoms with Crippen LogP contribution in [0.3, 0.4) is 0 Å². The van der Waals surface area contributed by atoms with Crippen LogP contribution in [-0.4, -0.2) is 45.7 Å². The molecule has 28 heavy (non-hydrogen) atoms. The lowest BCUT2D eigenvalue weighted by Gasteiger charge is -2.26. The van der Waals surface area contributed by atoms with E-state index in [-0.39, 0.29) is 24.0 Å². The molecule has 0 saturated carbocycles. The van der Waals surface area contributed by atoms with Gasteiger partial charge in [-0.2, -0.15) is 0 Å². The van der Waals surface area contributed by atoms with E-state index >= 15 is 0 Å². The maximum Gasteiger partial charge on any atom is 0.345 e. The fourth-order valence-electron chi connectivity index (χ4n) is 3.59. The summed E-state index contributed by atoms with van der Waals surface area (Å²) in [4.78, 5) is 26.6. The highest BCUT2D eigenvalue weighted by Gasteiger charge is 2.31. The third-order valence-corrected chi connectivity index (χ3v) is 6.46. The minimum absolute atomic E-state index is 0.145. The molecule has 0 aliphatic carbocycles. The topological polar surface area (TPSA) is 77.8 Å². The highest BCUT2D eigenvalue weighted by Crippen LogP contribution is 2.26. The van der Waals surface area contributed by atoms with Gasteiger partial charge < -0.3 is 15.1 Å². The first kappa shape index (κ1) is 22.4. The molecule has 1 saturated heterocycles. The molecule has 1 aromatic rings. The zero-order valence-corrected chi connectivity index (χ0v) is 17.6. The van der Waals surface area contributed by atoms with Crippen LogP contribution in [0.5, 0.6) is 0 Å². The highest BCUT2D eigenvalue weighted by molar-refractivity contribution is 7.13. The Balaban J connectivity index is 1.77. The highest BCUT2D eigenvalue weighted by atomic mass is 32.1.